The van der Waals surface area contributed by atoms with Gasteiger partial charge in [0.1, 0.15) is 17.7 Å². The fourth-order valence-electron chi connectivity index (χ4n) is 4.47. The van der Waals surface area contributed by atoms with Crippen LogP contribution in [-0.4, -0.2) is 29.5 Å². The minimum atomic E-state index is -0.438. The maximum absolute atomic E-state index is 13.9. The number of benzene rings is 1. The zero-order valence-electron chi connectivity index (χ0n) is 16.5. The van der Waals surface area contributed by atoms with Crippen molar-refractivity contribution in [1.82, 2.24) is 24.4 Å². The highest BCUT2D eigenvalue weighted by atomic mass is 19.1. The van der Waals surface area contributed by atoms with Crippen molar-refractivity contribution < 1.29 is 9.50 Å². The van der Waals surface area contributed by atoms with E-state index in [4.69, 9.17) is 5.73 Å². The Bertz CT molecular complexity index is 1210. The van der Waals surface area contributed by atoms with E-state index in [-0.39, 0.29) is 12.2 Å². The zero-order chi connectivity index (χ0) is 20.7. The standard InChI is InChI=1S/C22H23FN6O/c23-18-7-6-14(10-15(18)12-30)20-11-17(21-22(24)25-13-27-29(20)21)19-8-9-26-28(19)16-4-2-1-3-5-16/h6-11,13,16,30H,1-5,12H2,(H2,24,25,27). The van der Waals surface area contributed by atoms with Gasteiger partial charge in [-0.1, -0.05) is 19.3 Å². The number of nitrogens with two attached hydrogens (primary N) is 1. The smallest absolute Gasteiger partial charge is 0.152 e. The van der Waals surface area contributed by atoms with Crippen molar-refractivity contribution in [2.75, 3.05) is 5.73 Å². The second-order valence-electron chi connectivity index (χ2n) is 7.77. The average Bonchev–Trinajstić information content (AvgIpc) is 3.40. The molecule has 8 heteroatoms. The molecule has 0 unspecified atom stereocenters. The highest BCUT2D eigenvalue weighted by Crippen LogP contribution is 2.38. The molecule has 3 heterocycles. The predicted octanol–water partition coefficient (Wildman–Crippen LogP) is 3.98. The van der Waals surface area contributed by atoms with E-state index in [9.17, 15) is 9.50 Å². The molecule has 0 bridgehead atoms. The van der Waals surface area contributed by atoms with Crippen LogP contribution in [0.4, 0.5) is 10.2 Å². The Hall–Kier alpha value is -3.26. The van der Waals surface area contributed by atoms with Crippen LogP contribution >= 0.6 is 0 Å². The van der Waals surface area contributed by atoms with Crippen LogP contribution in [0, 0.1) is 5.82 Å². The lowest BCUT2D eigenvalue weighted by atomic mass is 9.95. The van der Waals surface area contributed by atoms with Gasteiger partial charge in [-0.05, 0) is 43.2 Å². The second-order valence-corrected chi connectivity index (χ2v) is 7.77. The van der Waals surface area contributed by atoms with Crippen LogP contribution in [0.5, 0.6) is 0 Å². The average molecular weight is 406 g/mol. The molecule has 1 saturated carbocycles. The summed E-state index contributed by atoms with van der Waals surface area (Å²) in [5, 5.41) is 18.5. The fraction of sp³-hybridized carbons (Fsp3) is 0.318. The number of aliphatic hydroxyl groups excluding tert-OH is 1. The number of aromatic nitrogens is 5. The lowest BCUT2D eigenvalue weighted by Crippen LogP contribution is -2.15. The molecular weight excluding hydrogens is 383 g/mol. The maximum Gasteiger partial charge on any atom is 0.152 e. The Morgan fingerprint density at radius 3 is 2.70 bits per heavy atom. The molecule has 0 amide bonds. The molecule has 0 spiro atoms. The van der Waals surface area contributed by atoms with Crippen molar-refractivity contribution >= 4 is 11.3 Å². The summed E-state index contributed by atoms with van der Waals surface area (Å²) in [4.78, 5) is 4.19. The van der Waals surface area contributed by atoms with Gasteiger partial charge in [0, 0.05) is 22.9 Å². The van der Waals surface area contributed by atoms with Gasteiger partial charge in [-0.2, -0.15) is 10.2 Å². The molecule has 7 nitrogen and oxygen atoms in total. The summed E-state index contributed by atoms with van der Waals surface area (Å²) < 4.78 is 17.7. The molecular formula is C22H23FN6O. The van der Waals surface area contributed by atoms with Gasteiger partial charge in [-0.3, -0.25) is 4.68 Å². The quantitative estimate of drug-likeness (QED) is 0.535. The first-order valence-corrected chi connectivity index (χ1v) is 10.2. The van der Waals surface area contributed by atoms with Crippen molar-refractivity contribution in [3.05, 3.63) is 54.2 Å². The molecule has 0 saturated heterocycles. The molecule has 1 aromatic carbocycles. The summed E-state index contributed by atoms with van der Waals surface area (Å²) in [5.41, 5.74) is 10.5. The van der Waals surface area contributed by atoms with E-state index >= 15 is 0 Å². The maximum atomic E-state index is 13.9. The first-order valence-electron chi connectivity index (χ1n) is 10.2. The molecule has 0 radical (unpaired) electrons. The molecule has 4 aromatic rings. The van der Waals surface area contributed by atoms with Crippen LogP contribution in [0.1, 0.15) is 43.7 Å². The van der Waals surface area contributed by atoms with E-state index < -0.39 is 5.82 Å². The minimum absolute atomic E-state index is 0.235. The van der Waals surface area contributed by atoms with Gasteiger partial charge in [-0.15, -0.1) is 0 Å². The van der Waals surface area contributed by atoms with Crippen molar-refractivity contribution in [3.63, 3.8) is 0 Å². The summed E-state index contributed by atoms with van der Waals surface area (Å²) in [6.45, 7) is -0.374. The zero-order valence-corrected chi connectivity index (χ0v) is 16.5. The van der Waals surface area contributed by atoms with Crippen LogP contribution in [0.3, 0.4) is 0 Å². The highest BCUT2D eigenvalue weighted by Gasteiger charge is 2.23. The SMILES string of the molecule is Nc1ncnn2c(-c3ccc(F)c(CO)c3)cc(-c3ccnn3C3CCCCC3)c12. The van der Waals surface area contributed by atoms with E-state index in [2.05, 4.69) is 19.9 Å². The number of halogens is 1. The molecule has 1 aliphatic carbocycles. The Morgan fingerprint density at radius 1 is 1.07 bits per heavy atom. The van der Waals surface area contributed by atoms with Gasteiger partial charge < -0.3 is 10.8 Å². The molecule has 0 aliphatic heterocycles. The van der Waals surface area contributed by atoms with Gasteiger partial charge in [0.15, 0.2) is 5.82 Å². The summed E-state index contributed by atoms with van der Waals surface area (Å²) in [7, 11) is 0. The third kappa shape index (κ3) is 3.04. The van der Waals surface area contributed by atoms with E-state index in [1.165, 1.54) is 31.7 Å². The molecule has 1 aliphatic rings. The number of nitrogens with zero attached hydrogens (tertiary/aromatic N) is 5. The Kier molecular flexibility index (Phi) is 4.71. The first-order chi connectivity index (χ1) is 14.7. The predicted molar refractivity (Wildman–Crippen MR) is 112 cm³/mol. The fourth-order valence-corrected chi connectivity index (χ4v) is 4.47. The molecule has 0 atom stereocenters. The van der Waals surface area contributed by atoms with Gasteiger partial charge in [0.2, 0.25) is 0 Å². The van der Waals surface area contributed by atoms with Crippen LogP contribution in [0.25, 0.3) is 28.0 Å². The third-order valence-electron chi connectivity index (χ3n) is 5.96. The number of fused-ring (bicyclic) bond motifs is 1. The molecule has 3 aromatic heterocycles. The van der Waals surface area contributed by atoms with Gasteiger partial charge in [0.25, 0.3) is 0 Å². The molecule has 5 rings (SSSR count). The number of nitrogen functional groups attached to an aromatic ring is 1. The molecule has 1 fully saturated rings. The third-order valence-corrected chi connectivity index (χ3v) is 5.96. The Morgan fingerprint density at radius 2 is 1.90 bits per heavy atom. The number of hydrogen-bond acceptors (Lipinski definition) is 5. The monoisotopic (exact) mass is 406 g/mol. The van der Waals surface area contributed by atoms with Crippen LogP contribution in [-0.2, 0) is 6.61 Å². The summed E-state index contributed by atoms with van der Waals surface area (Å²) >= 11 is 0. The molecule has 30 heavy (non-hydrogen) atoms. The number of rotatable bonds is 4. The van der Waals surface area contributed by atoms with E-state index in [1.54, 1.807) is 16.6 Å². The normalized spacial score (nSPS) is 15.1. The number of anilines is 1. The lowest BCUT2D eigenvalue weighted by Gasteiger charge is -2.23. The van der Waals surface area contributed by atoms with Crippen LogP contribution in [0.15, 0.2) is 42.9 Å². The summed E-state index contributed by atoms with van der Waals surface area (Å²) in [6.07, 6.45) is 9.12. The van der Waals surface area contributed by atoms with E-state index in [0.717, 1.165) is 35.4 Å². The topological polar surface area (TPSA) is 94.3 Å². The summed E-state index contributed by atoms with van der Waals surface area (Å²) in [5.74, 6) is -0.0704. The second kappa shape index (κ2) is 7.53. The Balaban J connectivity index is 1.71. The van der Waals surface area contributed by atoms with Gasteiger partial charge >= 0.3 is 0 Å². The summed E-state index contributed by atoms with van der Waals surface area (Å²) in [6, 6.07) is 9.01. The van der Waals surface area contributed by atoms with E-state index in [1.807, 2.05) is 18.3 Å². The van der Waals surface area contributed by atoms with E-state index in [0.29, 0.717) is 17.4 Å². The van der Waals surface area contributed by atoms with Gasteiger partial charge in [0.05, 0.1) is 24.0 Å². The number of hydrogen-bond donors (Lipinski definition) is 2. The van der Waals surface area contributed by atoms with Crippen LogP contribution in [0.2, 0.25) is 0 Å². The Labute approximate surface area is 173 Å². The van der Waals surface area contributed by atoms with Crippen molar-refractivity contribution in [2.24, 2.45) is 0 Å². The first kappa shape index (κ1) is 18.7. The highest BCUT2D eigenvalue weighted by molar-refractivity contribution is 5.90. The van der Waals surface area contributed by atoms with Crippen LogP contribution < -0.4 is 5.73 Å². The largest absolute Gasteiger partial charge is 0.392 e. The number of aliphatic hydroxyl groups is 1. The molecule has 3 N–H and O–H groups in total. The van der Waals surface area contributed by atoms with Crippen molar-refractivity contribution in [2.45, 2.75) is 44.8 Å². The molecule has 154 valence electrons. The van der Waals surface area contributed by atoms with Crippen molar-refractivity contribution in [3.8, 4) is 22.5 Å². The van der Waals surface area contributed by atoms with Gasteiger partial charge in [-0.25, -0.2) is 13.9 Å². The van der Waals surface area contributed by atoms with Crippen molar-refractivity contribution in [1.29, 1.82) is 0 Å². The lowest BCUT2D eigenvalue weighted by molar-refractivity contribution is 0.276. The minimum Gasteiger partial charge on any atom is -0.392 e.